The first-order chi connectivity index (χ1) is 10.1. The van der Waals surface area contributed by atoms with Crippen LogP contribution in [0.5, 0.6) is 0 Å². The van der Waals surface area contributed by atoms with Crippen molar-refractivity contribution in [3.8, 4) is 0 Å². The molecule has 1 N–H and O–H groups in total. The van der Waals surface area contributed by atoms with Crippen molar-refractivity contribution in [2.24, 2.45) is 0 Å². The van der Waals surface area contributed by atoms with Crippen molar-refractivity contribution in [3.63, 3.8) is 0 Å². The van der Waals surface area contributed by atoms with Gasteiger partial charge in [-0.1, -0.05) is 45.0 Å². The van der Waals surface area contributed by atoms with E-state index >= 15 is 0 Å². The first-order valence-electron chi connectivity index (χ1n) is 7.73. The van der Waals surface area contributed by atoms with Gasteiger partial charge in [0.1, 0.15) is 5.82 Å². The fraction of sp³-hybridized carbons (Fsp3) is 0.444. The zero-order valence-corrected chi connectivity index (χ0v) is 13.4. The number of rotatable bonds is 6. The third-order valence-corrected chi connectivity index (χ3v) is 3.59. The smallest absolute Gasteiger partial charge is 0.149 e. The second-order valence-corrected chi connectivity index (χ2v) is 5.83. The second kappa shape index (κ2) is 7.32. The van der Waals surface area contributed by atoms with Crippen LogP contribution in [0.15, 0.2) is 36.7 Å². The van der Waals surface area contributed by atoms with Crippen LogP contribution in [-0.4, -0.2) is 16.5 Å². The first-order valence-corrected chi connectivity index (χ1v) is 7.73. The van der Waals surface area contributed by atoms with E-state index in [1.165, 1.54) is 11.1 Å². The minimum absolute atomic E-state index is 0.0618. The van der Waals surface area contributed by atoms with Crippen molar-refractivity contribution in [2.75, 3.05) is 6.54 Å². The third-order valence-electron chi connectivity index (χ3n) is 3.59. The van der Waals surface area contributed by atoms with Crippen LogP contribution in [0.3, 0.4) is 0 Å². The minimum Gasteiger partial charge on any atom is -0.304 e. The van der Waals surface area contributed by atoms with Crippen LogP contribution in [-0.2, 0) is 0 Å². The van der Waals surface area contributed by atoms with E-state index in [9.17, 15) is 0 Å². The van der Waals surface area contributed by atoms with E-state index in [0.717, 1.165) is 24.4 Å². The number of nitrogens with zero attached hydrogens (tertiary/aromatic N) is 2. The maximum Gasteiger partial charge on any atom is 0.149 e. The highest BCUT2D eigenvalue weighted by molar-refractivity contribution is 5.30. The normalized spacial score (nSPS) is 12.6. The lowest BCUT2D eigenvalue weighted by Gasteiger charge is -2.18. The highest BCUT2D eigenvalue weighted by Crippen LogP contribution is 2.22. The van der Waals surface area contributed by atoms with E-state index < -0.39 is 0 Å². The Labute approximate surface area is 127 Å². The summed E-state index contributed by atoms with van der Waals surface area (Å²) >= 11 is 0. The van der Waals surface area contributed by atoms with E-state index in [2.05, 4.69) is 60.3 Å². The third kappa shape index (κ3) is 4.11. The highest BCUT2D eigenvalue weighted by atomic mass is 15.0. The number of benzene rings is 1. The molecule has 1 aromatic heterocycles. The number of aromatic nitrogens is 2. The summed E-state index contributed by atoms with van der Waals surface area (Å²) in [6, 6.07) is 8.84. The zero-order valence-electron chi connectivity index (χ0n) is 13.4. The first kappa shape index (κ1) is 15.6. The maximum absolute atomic E-state index is 4.49. The molecule has 1 unspecified atom stereocenters. The molecule has 0 aliphatic heterocycles. The van der Waals surface area contributed by atoms with Gasteiger partial charge in [-0.25, -0.2) is 9.97 Å². The van der Waals surface area contributed by atoms with Crippen molar-refractivity contribution >= 4 is 0 Å². The average molecular weight is 283 g/mol. The summed E-state index contributed by atoms with van der Waals surface area (Å²) in [6.07, 6.45) is 4.85. The minimum atomic E-state index is 0.0618. The molecule has 0 aliphatic carbocycles. The van der Waals surface area contributed by atoms with Crippen molar-refractivity contribution in [3.05, 3.63) is 59.2 Å². The molecule has 112 valence electrons. The Morgan fingerprint density at radius 2 is 1.57 bits per heavy atom. The molecule has 2 aromatic rings. The fourth-order valence-corrected chi connectivity index (χ4v) is 2.27. The molecule has 0 saturated heterocycles. The van der Waals surface area contributed by atoms with Crippen LogP contribution in [0.4, 0.5) is 0 Å². The molecule has 1 heterocycles. The average Bonchev–Trinajstić information content (AvgIpc) is 2.50. The molecule has 0 spiro atoms. The largest absolute Gasteiger partial charge is 0.304 e. The number of aryl methyl sites for hydroxylation is 1. The van der Waals surface area contributed by atoms with E-state index in [4.69, 9.17) is 0 Å². The summed E-state index contributed by atoms with van der Waals surface area (Å²) in [4.78, 5) is 8.98. The fourth-order valence-electron chi connectivity index (χ4n) is 2.27. The Kier molecular flexibility index (Phi) is 5.45. The summed E-state index contributed by atoms with van der Waals surface area (Å²) in [5, 5.41) is 3.55. The summed E-state index contributed by atoms with van der Waals surface area (Å²) < 4.78 is 0. The molecule has 2 rings (SSSR count). The molecule has 0 bridgehead atoms. The Balaban J connectivity index is 2.28. The van der Waals surface area contributed by atoms with Crippen LogP contribution >= 0.6 is 0 Å². The lowest BCUT2D eigenvalue weighted by Crippen LogP contribution is -2.25. The van der Waals surface area contributed by atoms with Crippen molar-refractivity contribution in [1.82, 2.24) is 15.3 Å². The monoisotopic (exact) mass is 283 g/mol. The molecular formula is C18H25N3. The number of hydrogen-bond acceptors (Lipinski definition) is 3. The Bertz CT molecular complexity index is 544. The molecule has 0 radical (unpaired) electrons. The van der Waals surface area contributed by atoms with E-state index in [1.807, 2.05) is 19.3 Å². The van der Waals surface area contributed by atoms with Crippen LogP contribution in [0.1, 0.15) is 61.7 Å². The lowest BCUT2D eigenvalue weighted by atomic mass is 9.98. The summed E-state index contributed by atoms with van der Waals surface area (Å²) in [5.41, 5.74) is 3.66. The lowest BCUT2D eigenvalue weighted by molar-refractivity contribution is 0.571. The van der Waals surface area contributed by atoms with Gasteiger partial charge >= 0.3 is 0 Å². The van der Waals surface area contributed by atoms with Gasteiger partial charge in [0.25, 0.3) is 0 Å². The molecular weight excluding hydrogens is 258 g/mol. The van der Waals surface area contributed by atoms with Crippen LogP contribution in [0, 0.1) is 6.92 Å². The molecule has 1 atom stereocenters. The van der Waals surface area contributed by atoms with Crippen LogP contribution < -0.4 is 5.32 Å². The second-order valence-electron chi connectivity index (χ2n) is 5.83. The molecule has 21 heavy (non-hydrogen) atoms. The van der Waals surface area contributed by atoms with E-state index in [0.29, 0.717) is 5.92 Å². The van der Waals surface area contributed by atoms with Gasteiger partial charge in [-0.15, -0.1) is 0 Å². The van der Waals surface area contributed by atoms with Gasteiger partial charge in [0.2, 0.25) is 0 Å². The van der Waals surface area contributed by atoms with Crippen molar-refractivity contribution in [1.29, 1.82) is 0 Å². The number of hydrogen-bond donors (Lipinski definition) is 1. The van der Waals surface area contributed by atoms with Gasteiger partial charge in [-0.2, -0.15) is 0 Å². The topological polar surface area (TPSA) is 37.8 Å². The van der Waals surface area contributed by atoms with Crippen molar-refractivity contribution < 1.29 is 0 Å². The van der Waals surface area contributed by atoms with Crippen LogP contribution in [0.2, 0.25) is 0 Å². The van der Waals surface area contributed by atoms with Gasteiger partial charge < -0.3 is 5.32 Å². The van der Waals surface area contributed by atoms with Gasteiger partial charge in [0.15, 0.2) is 0 Å². The Morgan fingerprint density at radius 3 is 2.10 bits per heavy atom. The van der Waals surface area contributed by atoms with Gasteiger partial charge in [0.05, 0.1) is 6.04 Å². The summed E-state index contributed by atoms with van der Waals surface area (Å²) in [5.74, 6) is 1.39. The predicted molar refractivity (Wildman–Crippen MR) is 87.4 cm³/mol. The highest BCUT2D eigenvalue weighted by Gasteiger charge is 2.16. The standard InChI is InChI=1S/C18H25N3/c1-5-10-19-17(18-20-11-14(4)12-21-18)16-8-6-15(7-9-16)13(2)3/h6-9,11-13,17,19H,5,10H2,1-4H3. The molecule has 0 fully saturated rings. The van der Waals surface area contributed by atoms with E-state index in [-0.39, 0.29) is 6.04 Å². The number of nitrogens with one attached hydrogen (secondary N) is 1. The summed E-state index contributed by atoms with van der Waals surface area (Å²) in [7, 11) is 0. The van der Waals surface area contributed by atoms with Gasteiger partial charge in [-0.05, 0) is 42.5 Å². The van der Waals surface area contributed by atoms with Crippen LogP contribution in [0.25, 0.3) is 0 Å². The molecule has 0 aliphatic rings. The molecule has 3 heteroatoms. The Hall–Kier alpha value is -1.74. The van der Waals surface area contributed by atoms with Crippen molar-refractivity contribution in [2.45, 2.75) is 46.1 Å². The molecule has 0 saturated carbocycles. The summed E-state index contributed by atoms with van der Waals surface area (Å²) in [6.45, 7) is 9.56. The Morgan fingerprint density at radius 1 is 1.00 bits per heavy atom. The molecule has 1 aromatic carbocycles. The van der Waals surface area contributed by atoms with E-state index in [1.54, 1.807) is 0 Å². The maximum atomic E-state index is 4.49. The predicted octanol–water partition coefficient (Wildman–Crippen LogP) is 4.00. The zero-order chi connectivity index (χ0) is 15.2. The molecule has 0 amide bonds. The van der Waals surface area contributed by atoms with Gasteiger partial charge in [0, 0.05) is 12.4 Å². The SMILES string of the molecule is CCCNC(c1ccc(C(C)C)cc1)c1ncc(C)cn1. The quantitative estimate of drug-likeness (QED) is 0.871. The molecule has 3 nitrogen and oxygen atoms in total. The van der Waals surface area contributed by atoms with Gasteiger partial charge in [-0.3, -0.25) is 0 Å².